The SMILES string of the molecule is NC1CC12CC(NC(=O)c1cccc3c1CCOC3)C2. The van der Waals surface area contributed by atoms with Crippen LogP contribution in [0.25, 0.3) is 0 Å². The van der Waals surface area contributed by atoms with Crippen LogP contribution >= 0.6 is 0 Å². The number of carbonyl (C=O) groups is 1. The van der Waals surface area contributed by atoms with Gasteiger partial charge in [0.15, 0.2) is 0 Å². The maximum Gasteiger partial charge on any atom is 0.251 e. The molecule has 1 atom stereocenters. The summed E-state index contributed by atoms with van der Waals surface area (Å²) >= 11 is 0. The number of benzene rings is 1. The highest BCUT2D eigenvalue weighted by Crippen LogP contribution is 2.59. The topological polar surface area (TPSA) is 64.3 Å². The molecule has 106 valence electrons. The molecule has 2 fully saturated rings. The van der Waals surface area contributed by atoms with Crippen molar-refractivity contribution in [3.63, 3.8) is 0 Å². The van der Waals surface area contributed by atoms with Crippen LogP contribution < -0.4 is 11.1 Å². The van der Waals surface area contributed by atoms with Crippen LogP contribution in [0.5, 0.6) is 0 Å². The van der Waals surface area contributed by atoms with E-state index >= 15 is 0 Å². The third kappa shape index (κ3) is 1.86. The summed E-state index contributed by atoms with van der Waals surface area (Å²) in [4.78, 5) is 12.4. The molecule has 4 nitrogen and oxygen atoms in total. The third-order valence-electron chi connectivity index (χ3n) is 5.17. The summed E-state index contributed by atoms with van der Waals surface area (Å²) in [6, 6.07) is 6.61. The molecule has 20 heavy (non-hydrogen) atoms. The zero-order valence-corrected chi connectivity index (χ0v) is 11.5. The molecule has 1 heterocycles. The molecule has 0 aromatic heterocycles. The van der Waals surface area contributed by atoms with Crippen molar-refractivity contribution in [3.8, 4) is 0 Å². The lowest BCUT2D eigenvalue weighted by atomic mass is 9.76. The number of carbonyl (C=O) groups excluding carboxylic acids is 1. The first-order chi connectivity index (χ1) is 9.68. The molecular formula is C16H20N2O2. The Kier molecular flexibility index (Phi) is 2.66. The van der Waals surface area contributed by atoms with Gasteiger partial charge in [-0.3, -0.25) is 4.79 Å². The van der Waals surface area contributed by atoms with Crippen molar-refractivity contribution in [1.82, 2.24) is 5.32 Å². The van der Waals surface area contributed by atoms with E-state index in [2.05, 4.69) is 5.32 Å². The molecule has 3 aliphatic rings. The second-order valence-electron chi connectivity index (χ2n) is 6.50. The number of hydrogen-bond acceptors (Lipinski definition) is 3. The van der Waals surface area contributed by atoms with Gasteiger partial charge in [0.05, 0.1) is 13.2 Å². The molecule has 1 aromatic rings. The molecule has 1 spiro atoms. The van der Waals surface area contributed by atoms with E-state index < -0.39 is 0 Å². The maximum absolute atomic E-state index is 12.4. The van der Waals surface area contributed by atoms with E-state index in [1.807, 2.05) is 18.2 Å². The van der Waals surface area contributed by atoms with Gasteiger partial charge in [-0.05, 0) is 48.3 Å². The third-order valence-corrected chi connectivity index (χ3v) is 5.17. The molecule has 1 aliphatic heterocycles. The molecular weight excluding hydrogens is 252 g/mol. The lowest BCUT2D eigenvalue weighted by molar-refractivity contribution is 0.0865. The minimum absolute atomic E-state index is 0.0674. The van der Waals surface area contributed by atoms with Crippen molar-refractivity contribution in [2.45, 2.75) is 44.4 Å². The summed E-state index contributed by atoms with van der Waals surface area (Å²) < 4.78 is 5.45. The Labute approximate surface area is 118 Å². The van der Waals surface area contributed by atoms with Gasteiger partial charge in [0.25, 0.3) is 5.91 Å². The van der Waals surface area contributed by atoms with E-state index in [0.717, 1.165) is 42.4 Å². The van der Waals surface area contributed by atoms with Crippen molar-refractivity contribution >= 4 is 5.91 Å². The predicted octanol–water partition coefficient (Wildman–Crippen LogP) is 1.37. The van der Waals surface area contributed by atoms with Crippen molar-refractivity contribution < 1.29 is 9.53 Å². The predicted molar refractivity (Wildman–Crippen MR) is 75.3 cm³/mol. The van der Waals surface area contributed by atoms with Gasteiger partial charge in [0.1, 0.15) is 0 Å². The highest BCUT2D eigenvalue weighted by Gasteiger charge is 2.60. The molecule has 1 amide bonds. The van der Waals surface area contributed by atoms with Crippen LogP contribution in [0, 0.1) is 5.41 Å². The fourth-order valence-electron chi connectivity index (χ4n) is 3.77. The maximum atomic E-state index is 12.4. The first-order valence-corrected chi connectivity index (χ1v) is 7.43. The van der Waals surface area contributed by atoms with Crippen LogP contribution in [0.4, 0.5) is 0 Å². The van der Waals surface area contributed by atoms with Gasteiger partial charge in [-0.15, -0.1) is 0 Å². The smallest absolute Gasteiger partial charge is 0.251 e. The quantitative estimate of drug-likeness (QED) is 0.854. The van der Waals surface area contributed by atoms with Crippen LogP contribution in [0.3, 0.4) is 0 Å². The summed E-state index contributed by atoms with van der Waals surface area (Å²) in [6.07, 6.45) is 4.08. The van der Waals surface area contributed by atoms with E-state index in [0.29, 0.717) is 30.7 Å². The van der Waals surface area contributed by atoms with Crippen LogP contribution in [-0.4, -0.2) is 24.6 Å². The number of fused-ring (bicyclic) bond motifs is 1. The Bertz CT molecular complexity index is 564. The van der Waals surface area contributed by atoms with E-state index in [9.17, 15) is 4.79 Å². The van der Waals surface area contributed by atoms with E-state index in [1.165, 1.54) is 0 Å². The average Bonchev–Trinajstić information content (AvgIpc) is 3.09. The Morgan fingerprint density at radius 1 is 1.35 bits per heavy atom. The monoisotopic (exact) mass is 272 g/mol. The fraction of sp³-hybridized carbons (Fsp3) is 0.562. The van der Waals surface area contributed by atoms with Crippen molar-refractivity contribution in [1.29, 1.82) is 0 Å². The average molecular weight is 272 g/mol. The Balaban J connectivity index is 1.46. The molecule has 1 aromatic carbocycles. The zero-order chi connectivity index (χ0) is 13.7. The minimum Gasteiger partial charge on any atom is -0.376 e. The van der Waals surface area contributed by atoms with Crippen LogP contribution in [0.1, 0.15) is 40.7 Å². The highest BCUT2D eigenvalue weighted by molar-refractivity contribution is 5.96. The molecule has 0 saturated heterocycles. The second kappa shape index (κ2) is 4.30. The van der Waals surface area contributed by atoms with E-state index in [-0.39, 0.29) is 5.91 Å². The number of nitrogens with two attached hydrogens (primary N) is 1. The van der Waals surface area contributed by atoms with Gasteiger partial charge in [-0.25, -0.2) is 0 Å². The number of nitrogens with one attached hydrogen (secondary N) is 1. The molecule has 2 saturated carbocycles. The summed E-state index contributed by atoms with van der Waals surface area (Å²) in [5.41, 5.74) is 9.45. The summed E-state index contributed by atoms with van der Waals surface area (Å²) in [7, 11) is 0. The second-order valence-corrected chi connectivity index (χ2v) is 6.50. The first-order valence-electron chi connectivity index (χ1n) is 7.43. The summed E-state index contributed by atoms with van der Waals surface area (Å²) in [5.74, 6) is 0.0674. The Hall–Kier alpha value is -1.39. The van der Waals surface area contributed by atoms with Gasteiger partial charge >= 0.3 is 0 Å². The van der Waals surface area contributed by atoms with Crippen LogP contribution in [-0.2, 0) is 17.8 Å². The highest BCUT2D eigenvalue weighted by atomic mass is 16.5. The Morgan fingerprint density at radius 3 is 2.90 bits per heavy atom. The van der Waals surface area contributed by atoms with Crippen LogP contribution in [0.15, 0.2) is 18.2 Å². The van der Waals surface area contributed by atoms with Gasteiger partial charge in [0, 0.05) is 17.6 Å². The summed E-state index contributed by atoms with van der Waals surface area (Å²) in [5, 5.41) is 3.16. The summed E-state index contributed by atoms with van der Waals surface area (Å²) in [6.45, 7) is 1.33. The normalized spacial score (nSPS) is 34.2. The van der Waals surface area contributed by atoms with Crippen molar-refractivity contribution in [2.75, 3.05) is 6.61 Å². The van der Waals surface area contributed by atoms with E-state index in [1.54, 1.807) is 0 Å². The number of amides is 1. The number of hydrogen-bond donors (Lipinski definition) is 2. The first kappa shape index (κ1) is 12.4. The lowest BCUT2D eigenvalue weighted by Crippen LogP contribution is -2.47. The molecule has 4 heteroatoms. The van der Waals surface area contributed by atoms with Gasteiger partial charge in [-0.1, -0.05) is 12.1 Å². The molecule has 1 unspecified atom stereocenters. The largest absolute Gasteiger partial charge is 0.376 e. The van der Waals surface area contributed by atoms with Crippen molar-refractivity contribution in [2.24, 2.45) is 11.1 Å². The van der Waals surface area contributed by atoms with Gasteiger partial charge in [-0.2, -0.15) is 0 Å². The fourth-order valence-corrected chi connectivity index (χ4v) is 3.77. The number of rotatable bonds is 2. The van der Waals surface area contributed by atoms with Crippen LogP contribution in [0.2, 0.25) is 0 Å². The lowest BCUT2D eigenvalue weighted by Gasteiger charge is -2.37. The standard InChI is InChI=1S/C16H20N2O2/c17-14-8-16(14)6-11(7-16)18-15(19)13-3-1-2-10-9-20-5-4-12(10)13/h1-3,11,14H,4-9,17H2,(H,18,19). The molecule has 2 aliphatic carbocycles. The van der Waals surface area contributed by atoms with Gasteiger partial charge in [0.2, 0.25) is 0 Å². The molecule has 0 radical (unpaired) electrons. The van der Waals surface area contributed by atoms with E-state index in [4.69, 9.17) is 10.5 Å². The molecule has 0 bridgehead atoms. The molecule has 4 rings (SSSR count). The van der Waals surface area contributed by atoms with Gasteiger partial charge < -0.3 is 15.8 Å². The van der Waals surface area contributed by atoms with Crippen molar-refractivity contribution in [3.05, 3.63) is 34.9 Å². The number of ether oxygens (including phenoxy) is 1. The minimum atomic E-state index is 0.0674. The zero-order valence-electron chi connectivity index (χ0n) is 11.5. The Morgan fingerprint density at radius 2 is 2.15 bits per heavy atom. The molecule has 3 N–H and O–H groups in total.